The van der Waals surface area contributed by atoms with Gasteiger partial charge in [0.2, 0.25) is 0 Å². The normalized spacial score (nSPS) is 33.9. The SMILES string of the molecule is CC1CCC(c2ccc(C3CCC(C)CC3)c(F)c2)CC1. The van der Waals surface area contributed by atoms with E-state index >= 15 is 0 Å². The van der Waals surface area contributed by atoms with E-state index < -0.39 is 0 Å². The third-order valence-electron chi connectivity index (χ3n) is 5.97. The van der Waals surface area contributed by atoms with Crippen LogP contribution in [0.3, 0.4) is 0 Å². The van der Waals surface area contributed by atoms with E-state index in [0.29, 0.717) is 11.8 Å². The minimum atomic E-state index is 0.0608. The molecule has 0 nitrogen and oxygen atoms in total. The molecule has 0 unspecified atom stereocenters. The molecule has 3 rings (SSSR count). The van der Waals surface area contributed by atoms with E-state index in [1.54, 1.807) is 0 Å². The molecule has 0 N–H and O–H groups in total. The molecule has 2 saturated carbocycles. The van der Waals surface area contributed by atoms with Gasteiger partial charge in [0.15, 0.2) is 0 Å². The molecule has 0 radical (unpaired) electrons. The Morgan fingerprint density at radius 3 is 1.81 bits per heavy atom. The van der Waals surface area contributed by atoms with Gasteiger partial charge in [-0.15, -0.1) is 0 Å². The van der Waals surface area contributed by atoms with Crippen molar-refractivity contribution >= 4 is 0 Å². The number of benzene rings is 1. The Morgan fingerprint density at radius 2 is 1.29 bits per heavy atom. The summed E-state index contributed by atoms with van der Waals surface area (Å²) in [5.41, 5.74) is 2.22. The lowest BCUT2D eigenvalue weighted by atomic mass is 9.77. The van der Waals surface area contributed by atoms with Gasteiger partial charge in [-0.1, -0.05) is 51.7 Å². The van der Waals surface area contributed by atoms with Crippen LogP contribution in [0.15, 0.2) is 18.2 Å². The molecule has 0 saturated heterocycles. The smallest absolute Gasteiger partial charge is 0.126 e. The summed E-state index contributed by atoms with van der Waals surface area (Å²) >= 11 is 0. The van der Waals surface area contributed by atoms with E-state index in [-0.39, 0.29) is 5.82 Å². The van der Waals surface area contributed by atoms with E-state index in [1.807, 2.05) is 6.07 Å². The fourth-order valence-corrected chi connectivity index (χ4v) is 4.29. The van der Waals surface area contributed by atoms with E-state index in [4.69, 9.17) is 0 Å². The zero-order valence-electron chi connectivity index (χ0n) is 13.6. The van der Waals surface area contributed by atoms with Crippen LogP contribution in [0.2, 0.25) is 0 Å². The molecule has 0 spiro atoms. The van der Waals surface area contributed by atoms with Gasteiger partial charge in [-0.25, -0.2) is 4.39 Å². The number of rotatable bonds is 2. The lowest BCUT2D eigenvalue weighted by molar-refractivity contribution is 0.339. The van der Waals surface area contributed by atoms with Gasteiger partial charge in [0.1, 0.15) is 5.82 Å². The third kappa shape index (κ3) is 3.49. The Bertz CT molecular complexity index is 463. The summed E-state index contributed by atoms with van der Waals surface area (Å²) in [6, 6.07) is 6.18. The molecule has 0 bridgehead atoms. The molecule has 0 aromatic heterocycles. The monoisotopic (exact) mass is 288 g/mol. The van der Waals surface area contributed by atoms with Crippen molar-refractivity contribution in [2.75, 3.05) is 0 Å². The Hall–Kier alpha value is -0.850. The summed E-state index contributed by atoms with van der Waals surface area (Å²) in [5, 5.41) is 0. The average Bonchev–Trinajstić information content (AvgIpc) is 2.49. The molecular formula is C20H29F. The second-order valence-electron chi connectivity index (χ2n) is 7.69. The highest BCUT2D eigenvalue weighted by atomic mass is 19.1. The fraction of sp³-hybridized carbons (Fsp3) is 0.700. The summed E-state index contributed by atoms with van der Waals surface area (Å²) in [7, 11) is 0. The quantitative estimate of drug-likeness (QED) is 0.589. The highest BCUT2D eigenvalue weighted by Crippen LogP contribution is 2.39. The van der Waals surface area contributed by atoms with E-state index in [1.165, 1.54) is 56.9 Å². The van der Waals surface area contributed by atoms with Crippen LogP contribution in [-0.2, 0) is 0 Å². The van der Waals surface area contributed by atoms with Crippen molar-refractivity contribution in [2.45, 2.75) is 77.0 Å². The minimum absolute atomic E-state index is 0.0608. The van der Waals surface area contributed by atoms with Crippen molar-refractivity contribution in [3.8, 4) is 0 Å². The topological polar surface area (TPSA) is 0 Å². The lowest BCUT2D eigenvalue weighted by Gasteiger charge is -2.29. The van der Waals surface area contributed by atoms with Crippen LogP contribution in [0.1, 0.15) is 88.2 Å². The number of hydrogen-bond donors (Lipinski definition) is 0. The molecular weight excluding hydrogens is 259 g/mol. The van der Waals surface area contributed by atoms with Gasteiger partial charge >= 0.3 is 0 Å². The maximum absolute atomic E-state index is 14.6. The number of hydrogen-bond acceptors (Lipinski definition) is 0. The largest absolute Gasteiger partial charge is 0.207 e. The Balaban J connectivity index is 1.71. The van der Waals surface area contributed by atoms with Crippen LogP contribution >= 0.6 is 0 Å². The average molecular weight is 288 g/mol. The van der Waals surface area contributed by atoms with Crippen LogP contribution in [0.5, 0.6) is 0 Å². The first kappa shape index (κ1) is 15.1. The van der Waals surface area contributed by atoms with Crippen molar-refractivity contribution in [3.05, 3.63) is 35.1 Å². The lowest BCUT2D eigenvalue weighted by Crippen LogP contribution is -2.14. The molecule has 1 aromatic rings. The van der Waals surface area contributed by atoms with Gasteiger partial charge in [-0.2, -0.15) is 0 Å². The Labute approximate surface area is 129 Å². The van der Waals surface area contributed by atoms with E-state index in [0.717, 1.165) is 17.4 Å². The second kappa shape index (κ2) is 6.50. The summed E-state index contributed by atoms with van der Waals surface area (Å²) in [5.74, 6) is 2.80. The molecule has 21 heavy (non-hydrogen) atoms. The van der Waals surface area contributed by atoms with Gasteiger partial charge in [-0.3, -0.25) is 0 Å². The predicted octanol–water partition coefficient (Wildman–Crippen LogP) is 6.41. The van der Waals surface area contributed by atoms with E-state index in [2.05, 4.69) is 26.0 Å². The zero-order chi connectivity index (χ0) is 14.8. The fourth-order valence-electron chi connectivity index (χ4n) is 4.29. The molecule has 0 aliphatic heterocycles. The first-order chi connectivity index (χ1) is 10.1. The predicted molar refractivity (Wildman–Crippen MR) is 87.1 cm³/mol. The molecule has 1 aromatic carbocycles. The number of halogens is 1. The molecule has 2 aliphatic rings. The summed E-state index contributed by atoms with van der Waals surface area (Å²) in [6.45, 7) is 4.66. The van der Waals surface area contributed by atoms with E-state index in [9.17, 15) is 4.39 Å². The summed E-state index contributed by atoms with van der Waals surface area (Å²) < 4.78 is 14.6. The standard InChI is InChI=1S/C20H29F/c1-14-3-7-16(8-4-14)18-11-12-19(20(21)13-18)17-9-5-15(2)6-10-17/h11-17H,3-10H2,1-2H3. The van der Waals surface area contributed by atoms with Crippen LogP contribution in [0, 0.1) is 17.7 Å². The highest BCUT2D eigenvalue weighted by molar-refractivity contribution is 5.30. The maximum Gasteiger partial charge on any atom is 0.126 e. The minimum Gasteiger partial charge on any atom is -0.207 e. The summed E-state index contributed by atoms with van der Waals surface area (Å²) in [4.78, 5) is 0. The molecule has 2 fully saturated rings. The van der Waals surface area contributed by atoms with Crippen molar-refractivity contribution < 1.29 is 4.39 Å². The summed E-state index contributed by atoms with van der Waals surface area (Å²) in [6.07, 6.45) is 9.92. The van der Waals surface area contributed by atoms with Gasteiger partial charge in [0.05, 0.1) is 0 Å². The van der Waals surface area contributed by atoms with Gasteiger partial charge < -0.3 is 0 Å². The van der Waals surface area contributed by atoms with Gasteiger partial charge in [-0.05, 0) is 66.5 Å². The first-order valence-electron chi connectivity index (χ1n) is 8.93. The molecule has 1 heteroatoms. The highest BCUT2D eigenvalue weighted by Gasteiger charge is 2.24. The Morgan fingerprint density at radius 1 is 0.762 bits per heavy atom. The van der Waals surface area contributed by atoms with Crippen LogP contribution in [-0.4, -0.2) is 0 Å². The third-order valence-corrected chi connectivity index (χ3v) is 5.97. The molecule has 116 valence electrons. The maximum atomic E-state index is 14.6. The molecule has 2 aliphatic carbocycles. The van der Waals surface area contributed by atoms with Crippen molar-refractivity contribution in [2.24, 2.45) is 11.8 Å². The Kier molecular flexibility index (Phi) is 4.66. The molecule has 0 amide bonds. The molecule has 0 heterocycles. The van der Waals surface area contributed by atoms with Gasteiger partial charge in [0, 0.05) is 0 Å². The van der Waals surface area contributed by atoms with Crippen LogP contribution in [0.4, 0.5) is 4.39 Å². The van der Waals surface area contributed by atoms with Crippen molar-refractivity contribution in [1.82, 2.24) is 0 Å². The van der Waals surface area contributed by atoms with Crippen molar-refractivity contribution in [3.63, 3.8) is 0 Å². The van der Waals surface area contributed by atoms with Crippen LogP contribution in [0.25, 0.3) is 0 Å². The van der Waals surface area contributed by atoms with Crippen molar-refractivity contribution in [1.29, 1.82) is 0 Å². The molecule has 0 atom stereocenters. The second-order valence-corrected chi connectivity index (χ2v) is 7.69. The van der Waals surface area contributed by atoms with Gasteiger partial charge in [0.25, 0.3) is 0 Å². The zero-order valence-corrected chi connectivity index (χ0v) is 13.6. The first-order valence-corrected chi connectivity index (χ1v) is 8.93. The van der Waals surface area contributed by atoms with Crippen LogP contribution < -0.4 is 0 Å².